The van der Waals surface area contributed by atoms with Gasteiger partial charge >= 0.3 is 0 Å². The number of piperidine rings is 1. The maximum atomic E-state index is 12.9. The third-order valence-electron chi connectivity index (χ3n) is 6.42. The number of likely N-dealkylation sites (tertiary alicyclic amines) is 1. The van der Waals surface area contributed by atoms with Crippen LogP contribution in [0, 0.1) is 12.8 Å². The van der Waals surface area contributed by atoms with Crippen LogP contribution in [0.1, 0.15) is 30.1 Å². The van der Waals surface area contributed by atoms with E-state index in [0.29, 0.717) is 24.8 Å². The lowest BCUT2D eigenvalue weighted by Crippen LogP contribution is -2.40. The third-order valence-corrected chi connectivity index (χ3v) is 6.95. The average molecular weight is 535 g/mol. The molecule has 1 aliphatic heterocycles. The number of rotatable bonds is 7. The number of aromatic nitrogens is 4. The van der Waals surface area contributed by atoms with Gasteiger partial charge in [-0.15, -0.1) is 0 Å². The van der Waals surface area contributed by atoms with Crippen LogP contribution < -0.4 is 5.32 Å². The van der Waals surface area contributed by atoms with Crippen LogP contribution in [0.3, 0.4) is 0 Å². The molecule has 1 fully saturated rings. The van der Waals surface area contributed by atoms with Gasteiger partial charge in [-0.3, -0.25) is 9.69 Å². The van der Waals surface area contributed by atoms with Crippen LogP contribution in [0.15, 0.2) is 69.9 Å². The van der Waals surface area contributed by atoms with Crippen molar-refractivity contribution in [3.8, 4) is 17.1 Å². The van der Waals surface area contributed by atoms with Gasteiger partial charge in [0, 0.05) is 34.9 Å². The molecule has 1 aliphatic rings. The molecular weight excluding hydrogens is 508 g/mol. The Morgan fingerprint density at radius 3 is 2.66 bits per heavy atom. The molecule has 0 spiro atoms. The van der Waals surface area contributed by atoms with E-state index in [1.807, 2.05) is 66.2 Å². The average Bonchev–Trinajstić information content (AvgIpc) is 3.52. The van der Waals surface area contributed by atoms with Gasteiger partial charge in [-0.25, -0.2) is 4.98 Å². The van der Waals surface area contributed by atoms with Crippen molar-refractivity contribution in [2.45, 2.75) is 32.9 Å². The van der Waals surface area contributed by atoms with Crippen LogP contribution in [0.4, 0.5) is 0 Å². The van der Waals surface area contributed by atoms with Crippen molar-refractivity contribution in [1.29, 1.82) is 0 Å². The molecule has 0 aliphatic carbocycles. The van der Waals surface area contributed by atoms with Crippen molar-refractivity contribution >= 4 is 21.8 Å². The SMILES string of the molecule is Cc1nccn1-c1ccccc1CNC(=O)C1CCN(Cc2nc(-c3ccc(Br)cc3)no2)CC1. The number of hydrogen-bond acceptors (Lipinski definition) is 6. The van der Waals surface area contributed by atoms with Crippen LogP contribution in [0.25, 0.3) is 17.1 Å². The van der Waals surface area contributed by atoms with E-state index in [0.717, 1.165) is 53.0 Å². The van der Waals surface area contributed by atoms with E-state index in [-0.39, 0.29) is 11.8 Å². The fraction of sp³-hybridized carbons (Fsp3) is 0.308. The molecule has 2 aromatic heterocycles. The Bertz CT molecular complexity index is 1290. The number of carbonyl (C=O) groups is 1. The number of amides is 1. The van der Waals surface area contributed by atoms with Gasteiger partial charge in [0.05, 0.1) is 12.2 Å². The number of para-hydroxylation sites is 1. The number of carbonyl (C=O) groups excluding carboxylic acids is 1. The topological polar surface area (TPSA) is 89.1 Å². The highest BCUT2D eigenvalue weighted by atomic mass is 79.9. The Morgan fingerprint density at radius 1 is 1.14 bits per heavy atom. The summed E-state index contributed by atoms with van der Waals surface area (Å²) in [6, 6.07) is 15.9. The number of nitrogens with one attached hydrogen (secondary N) is 1. The zero-order valence-electron chi connectivity index (χ0n) is 19.5. The van der Waals surface area contributed by atoms with Gasteiger partial charge in [-0.2, -0.15) is 4.98 Å². The Labute approximate surface area is 212 Å². The van der Waals surface area contributed by atoms with Crippen molar-refractivity contribution in [2.75, 3.05) is 13.1 Å². The van der Waals surface area contributed by atoms with Gasteiger partial charge in [-0.1, -0.05) is 39.3 Å². The molecule has 2 aromatic carbocycles. The van der Waals surface area contributed by atoms with Gasteiger partial charge < -0.3 is 14.4 Å². The van der Waals surface area contributed by atoms with E-state index in [1.54, 1.807) is 6.20 Å². The van der Waals surface area contributed by atoms with Gasteiger partial charge in [0.25, 0.3) is 0 Å². The number of nitrogens with zero attached hydrogens (tertiary/aromatic N) is 5. The van der Waals surface area contributed by atoms with Crippen LogP contribution in [0.5, 0.6) is 0 Å². The monoisotopic (exact) mass is 534 g/mol. The second-order valence-electron chi connectivity index (χ2n) is 8.76. The molecule has 1 amide bonds. The maximum absolute atomic E-state index is 12.9. The molecule has 0 saturated carbocycles. The summed E-state index contributed by atoms with van der Waals surface area (Å²) >= 11 is 3.44. The molecule has 0 unspecified atom stereocenters. The first-order valence-corrected chi connectivity index (χ1v) is 12.5. The first-order chi connectivity index (χ1) is 17.1. The molecule has 35 heavy (non-hydrogen) atoms. The molecule has 3 heterocycles. The molecule has 9 heteroatoms. The molecule has 5 rings (SSSR count). The smallest absolute Gasteiger partial charge is 0.241 e. The van der Waals surface area contributed by atoms with Crippen LogP contribution >= 0.6 is 15.9 Å². The first-order valence-electron chi connectivity index (χ1n) is 11.7. The molecule has 180 valence electrons. The third kappa shape index (κ3) is 5.52. The number of hydrogen-bond donors (Lipinski definition) is 1. The number of imidazole rings is 1. The first kappa shape index (κ1) is 23.4. The van der Waals surface area contributed by atoms with E-state index in [1.165, 1.54) is 0 Å². The number of halogens is 1. The predicted octanol–water partition coefficient (Wildman–Crippen LogP) is 4.52. The van der Waals surface area contributed by atoms with E-state index in [4.69, 9.17) is 4.52 Å². The zero-order valence-corrected chi connectivity index (χ0v) is 21.1. The summed E-state index contributed by atoms with van der Waals surface area (Å²) in [6.45, 7) is 4.69. The Kier molecular flexibility index (Phi) is 7.06. The summed E-state index contributed by atoms with van der Waals surface area (Å²) in [5.74, 6) is 2.22. The summed E-state index contributed by atoms with van der Waals surface area (Å²) < 4.78 is 8.51. The highest BCUT2D eigenvalue weighted by molar-refractivity contribution is 9.10. The largest absolute Gasteiger partial charge is 0.352 e. The zero-order chi connectivity index (χ0) is 24.2. The fourth-order valence-corrected chi connectivity index (χ4v) is 4.70. The molecule has 8 nitrogen and oxygen atoms in total. The van der Waals surface area contributed by atoms with E-state index >= 15 is 0 Å². The van der Waals surface area contributed by atoms with E-state index in [2.05, 4.69) is 41.3 Å². The minimum atomic E-state index is 0.00871. The van der Waals surface area contributed by atoms with Gasteiger partial charge in [-0.05, 0) is 68.8 Å². The lowest BCUT2D eigenvalue weighted by Gasteiger charge is -2.30. The molecule has 1 saturated heterocycles. The summed E-state index contributed by atoms with van der Waals surface area (Å²) in [5.41, 5.74) is 3.03. The van der Waals surface area contributed by atoms with Crippen molar-refractivity contribution in [1.82, 2.24) is 29.9 Å². The minimum Gasteiger partial charge on any atom is -0.352 e. The lowest BCUT2D eigenvalue weighted by atomic mass is 9.96. The highest BCUT2D eigenvalue weighted by Crippen LogP contribution is 2.22. The summed E-state index contributed by atoms with van der Waals surface area (Å²) in [5, 5.41) is 7.26. The van der Waals surface area contributed by atoms with Crippen molar-refractivity contribution in [3.05, 3.63) is 82.7 Å². The number of aryl methyl sites for hydroxylation is 1. The summed E-state index contributed by atoms with van der Waals surface area (Å²) in [7, 11) is 0. The van der Waals surface area contributed by atoms with Crippen molar-refractivity contribution < 1.29 is 9.32 Å². The molecule has 0 bridgehead atoms. The molecule has 1 N–H and O–H groups in total. The minimum absolute atomic E-state index is 0.00871. The Balaban J connectivity index is 1.12. The van der Waals surface area contributed by atoms with Gasteiger partial charge in [0.2, 0.25) is 17.6 Å². The quantitative estimate of drug-likeness (QED) is 0.375. The molecule has 0 atom stereocenters. The van der Waals surface area contributed by atoms with Gasteiger partial charge in [0.15, 0.2) is 0 Å². The van der Waals surface area contributed by atoms with Crippen molar-refractivity contribution in [3.63, 3.8) is 0 Å². The lowest BCUT2D eigenvalue weighted by molar-refractivity contribution is -0.126. The van der Waals surface area contributed by atoms with Gasteiger partial charge in [0.1, 0.15) is 5.82 Å². The summed E-state index contributed by atoms with van der Waals surface area (Å²) in [4.78, 5) is 24.0. The van der Waals surface area contributed by atoms with Crippen LogP contribution in [-0.4, -0.2) is 43.6 Å². The summed E-state index contributed by atoms with van der Waals surface area (Å²) in [6.07, 6.45) is 5.34. The van der Waals surface area contributed by atoms with Crippen LogP contribution in [0.2, 0.25) is 0 Å². The fourth-order valence-electron chi connectivity index (χ4n) is 4.43. The second-order valence-corrected chi connectivity index (χ2v) is 9.68. The molecular formula is C26H27BrN6O2. The molecule has 0 radical (unpaired) electrons. The number of benzene rings is 2. The standard InChI is InChI=1S/C26H27BrN6O2/c1-18-28-12-15-33(18)23-5-3-2-4-21(23)16-29-26(34)20-10-13-32(14-11-20)17-24-30-25(31-35-24)19-6-8-22(27)9-7-19/h2-9,12,15,20H,10-11,13-14,16-17H2,1H3,(H,29,34). The Morgan fingerprint density at radius 2 is 1.91 bits per heavy atom. The predicted molar refractivity (Wildman–Crippen MR) is 136 cm³/mol. The second kappa shape index (κ2) is 10.5. The van der Waals surface area contributed by atoms with E-state index in [9.17, 15) is 4.79 Å². The van der Waals surface area contributed by atoms with Crippen molar-refractivity contribution in [2.24, 2.45) is 5.92 Å². The molecule has 4 aromatic rings. The maximum Gasteiger partial charge on any atom is 0.241 e. The van der Waals surface area contributed by atoms with Crippen LogP contribution in [-0.2, 0) is 17.9 Å². The van der Waals surface area contributed by atoms with E-state index < -0.39 is 0 Å². The normalized spacial score (nSPS) is 14.8. The highest BCUT2D eigenvalue weighted by Gasteiger charge is 2.26. The Hall–Kier alpha value is -3.30.